The number of aromatic nitrogens is 2. The molecule has 4 rings (SSSR count). The molecule has 0 radical (unpaired) electrons. The second-order valence-electron chi connectivity index (χ2n) is 6.71. The first kappa shape index (κ1) is 14.8. The van der Waals surface area contributed by atoms with Crippen LogP contribution in [0.2, 0.25) is 0 Å². The Morgan fingerprint density at radius 3 is 2.91 bits per heavy atom. The molecule has 1 fully saturated rings. The number of hydrogen-bond donors (Lipinski definition) is 1. The zero-order valence-electron chi connectivity index (χ0n) is 13.4. The van der Waals surface area contributed by atoms with Crippen molar-refractivity contribution in [1.29, 1.82) is 0 Å². The lowest BCUT2D eigenvalue weighted by Gasteiger charge is -2.33. The summed E-state index contributed by atoms with van der Waals surface area (Å²) in [6, 6.07) is 2.82. The molecule has 2 aliphatic rings. The van der Waals surface area contributed by atoms with E-state index in [2.05, 4.69) is 16.5 Å². The number of aryl methyl sites for hydroxylation is 1. The predicted molar refractivity (Wildman–Crippen MR) is 87.7 cm³/mol. The molecule has 2 aromatic rings. The van der Waals surface area contributed by atoms with Gasteiger partial charge in [-0.15, -0.1) is 11.3 Å². The van der Waals surface area contributed by atoms with Crippen molar-refractivity contribution in [2.45, 2.75) is 45.8 Å². The van der Waals surface area contributed by atoms with Gasteiger partial charge in [-0.3, -0.25) is 10.1 Å². The molecule has 1 aliphatic carbocycles. The number of nitro groups is 1. The first-order valence-electron chi connectivity index (χ1n) is 8.15. The smallest absolute Gasteiger partial charge is 0.310 e. The minimum absolute atomic E-state index is 0.167. The summed E-state index contributed by atoms with van der Waals surface area (Å²) in [4.78, 5) is 13.9. The zero-order chi connectivity index (χ0) is 16.1. The summed E-state index contributed by atoms with van der Waals surface area (Å²) in [7, 11) is 0. The molecule has 3 heterocycles. The van der Waals surface area contributed by atoms with Gasteiger partial charge in [0.05, 0.1) is 11.5 Å². The monoisotopic (exact) mass is 333 g/mol. The standard InChI is InChI=1S/C16H20N4O2S/c1-10-15(20(21)22)11(2)19(17-10)9-18-7-5-14-13(6-8-23-14)16(18)12-3-4-12/h6,8,12,16H,3-5,7,9H2,1-2H3/p+1/t16-/m1/s1. The van der Waals surface area contributed by atoms with Gasteiger partial charge in [-0.1, -0.05) is 0 Å². The lowest BCUT2D eigenvalue weighted by atomic mass is 9.96. The van der Waals surface area contributed by atoms with E-state index in [9.17, 15) is 10.1 Å². The highest BCUT2D eigenvalue weighted by atomic mass is 32.1. The van der Waals surface area contributed by atoms with Crippen LogP contribution in [-0.2, 0) is 13.1 Å². The van der Waals surface area contributed by atoms with Crippen molar-refractivity contribution >= 4 is 17.0 Å². The van der Waals surface area contributed by atoms with Gasteiger partial charge in [-0.2, -0.15) is 5.10 Å². The van der Waals surface area contributed by atoms with Crippen LogP contribution in [0, 0.1) is 29.9 Å². The van der Waals surface area contributed by atoms with E-state index in [0.29, 0.717) is 17.4 Å². The molecular formula is C16H21N4O2S+. The Bertz CT molecular complexity index is 762. The maximum absolute atomic E-state index is 11.2. The maximum Gasteiger partial charge on any atom is 0.312 e. The number of fused-ring (bicyclic) bond motifs is 1. The van der Waals surface area contributed by atoms with Gasteiger partial charge in [0.15, 0.2) is 6.67 Å². The van der Waals surface area contributed by atoms with Crippen LogP contribution in [0.4, 0.5) is 5.69 Å². The van der Waals surface area contributed by atoms with Gasteiger partial charge in [0.25, 0.3) is 0 Å². The van der Waals surface area contributed by atoms with Crippen LogP contribution in [0.25, 0.3) is 0 Å². The number of rotatable bonds is 4. The topological polar surface area (TPSA) is 65.4 Å². The van der Waals surface area contributed by atoms with E-state index in [4.69, 9.17) is 0 Å². The molecule has 0 bridgehead atoms. The van der Waals surface area contributed by atoms with E-state index in [-0.39, 0.29) is 10.6 Å². The molecule has 1 N–H and O–H groups in total. The number of thiophene rings is 1. The van der Waals surface area contributed by atoms with Crippen molar-refractivity contribution < 1.29 is 9.82 Å². The average molecular weight is 333 g/mol. The van der Waals surface area contributed by atoms with Gasteiger partial charge in [-0.25, -0.2) is 4.68 Å². The van der Waals surface area contributed by atoms with Crippen LogP contribution in [0.1, 0.15) is 40.7 Å². The van der Waals surface area contributed by atoms with Crippen LogP contribution in [-0.4, -0.2) is 21.2 Å². The molecular weight excluding hydrogens is 312 g/mol. The molecule has 1 unspecified atom stereocenters. The van der Waals surface area contributed by atoms with E-state index in [1.54, 1.807) is 6.92 Å². The predicted octanol–water partition coefficient (Wildman–Crippen LogP) is 2.02. The summed E-state index contributed by atoms with van der Waals surface area (Å²) in [5.74, 6) is 0.769. The first-order valence-corrected chi connectivity index (χ1v) is 9.03. The molecule has 0 aromatic carbocycles. The molecule has 1 saturated carbocycles. The minimum atomic E-state index is -0.310. The summed E-state index contributed by atoms with van der Waals surface area (Å²) < 4.78 is 1.84. The molecule has 0 spiro atoms. The van der Waals surface area contributed by atoms with Gasteiger partial charge in [0, 0.05) is 22.8 Å². The second kappa shape index (κ2) is 5.42. The van der Waals surface area contributed by atoms with E-state index < -0.39 is 0 Å². The van der Waals surface area contributed by atoms with Crippen molar-refractivity contribution in [3.8, 4) is 0 Å². The van der Waals surface area contributed by atoms with Crippen LogP contribution in [0.15, 0.2) is 11.4 Å². The van der Waals surface area contributed by atoms with Crippen molar-refractivity contribution in [3.63, 3.8) is 0 Å². The molecule has 1 aliphatic heterocycles. The molecule has 0 saturated heterocycles. The van der Waals surface area contributed by atoms with Gasteiger partial charge >= 0.3 is 5.69 Å². The second-order valence-corrected chi connectivity index (χ2v) is 7.71. The summed E-state index contributed by atoms with van der Waals surface area (Å²) in [5, 5.41) is 17.9. The van der Waals surface area contributed by atoms with E-state index in [0.717, 1.165) is 25.6 Å². The van der Waals surface area contributed by atoms with Crippen LogP contribution in [0.5, 0.6) is 0 Å². The fourth-order valence-electron chi connectivity index (χ4n) is 3.97. The number of quaternary nitrogens is 1. The summed E-state index contributed by atoms with van der Waals surface area (Å²) in [6.45, 7) is 5.34. The maximum atomic E-state index is 11.2. The van der Waals surface area contributed by atoms with E-state index in [1.165, 1.54) is 28.2 Å². The first-order chi connectivity index (χ1) is 11.1. The molecule has 2 atom stereocenters. The zero-order valence-corrected chi connectivity index (χ0v) is 14.2. The molecule has 23 heavy (non-hydrogen) atoms. The normalized spacial score (nSPS) is 23.7. The van der Waals surface area contributed by atoms with Crippen LogP contribution >= 0.6 is 11.3 Å². The van der Waals surface area contributed by atoms with Crippen LogP contribution in [0.3, 0.4) is 0 Å². The highest BCUT2D eigenvalue weighted by molar-refractivity contribution is 7.10. The molecule has 122 valence electrons. The highest BCUT2D eigenvalue weighted by Crippen LogP contribution is 2.42. The Hall–Kier alpha value is -1.73. The van der Waals surface area contributed by atoms with E-state index >= 15 is 0 Å². The van der Waals surface area contributed by atoms with Crippen molar-refractivity contribution in [2.24, 2.45) is 5.92 Å². The van der Waals surface area contributed by atoms with Gasteiger partial charge in [-0.05, 0) is 38.1 Å². The van der Waals surface area contributed by atoms with Gasteiger partial charge in [0.1, 0.15) is 17.4 Å². The fourth-order valence-corrected chi connectivity index (χ4v) is 4.90. The fraction of sp³-hybridized carbons (Fsp3) is 0.562. The van der Waals surface area contributed by atoms with Crippen molar-refractivity contribution in [3.05, 3.63) is 43.4 Å². The quantitative estimate of drug-likeness (QED) is 0.688. The minimum Gasteiger partial charge on any atom is -0.310 e. The molecule has 7 heteroatoms. The lowest BCUT2D eigenvalue weighted by Crippen LogP contribution is -3.13. The van der Waals surface area contributed by atoms with Gasteiger partial charge in [0.2, 0.25) is 0 Å². The van der Waals surface area contributed by atoms with Gasteiger partial charge < -0.3 is 4.90 Å². The Labute approximate surface area is 138 Å². The van der Waals surface area contributed by atoms with E-state index in [1.807, 2.05) is 22.9 Å². The van der Waals surface area contributed by atoms with Crippen molar-refractivity contribution in [2.75, 3.05) is 6.54 Å². The highest BCUT2D eigenvalue weighted by Gasteiger charge is 2.43. The Kier molecular flexibility index (Phi) is 3.50. The average Bonchev–Trinajstić information content (AvgIpc) is 3.14. The Balaban J connectivity index is 1.64. The summed E-state index contributed by atoms with van der Waals surface area (Å²) in [5.41, 5.74) is 2.86. The number of nitrogens with zero attached hydrogens (tertiary/aromatic N) is 3. The van der Waals surface area contributed by atoms with Crippen LogP contribution < -0.4 is 4.90 Å². The Morgan fingerprint density at radius 1 is 1.48 bits per heavy atom. The number of nitrogens with one attached hydrogen (secondary N) is 1. The third-order valence-corrected chi connectivity index (χ3v) is 6.20. The lowest BCUT2D eigenvalue weighted by molar-refractivity contribution is -0.958. The largest absolute Gasteiger partial charge is 0.312 e. The summed E-state index contributed by atoms with van der Waals surface area (Å²) in [6.07, 6.45) is 3.72. The molecule has 0 amide bonds. The molecule has 6 nitrogen and oxygen atoms in total. The third kappa shape index (κ3) is 2.48. The number of hydrogen-bond acceptors (Lipinski definition) is 4. The van der Waals surface area contributed by atoms with Crippen molar-refractivity contribution in [1.82, 2.24) is 9.78 Å². The molecule has 2 aromatic heterocycles. The third-order valence-electron chi connectivity index (χ3n) is 5.20. The SMILES string of the molecule is Cc1nn(C[NH+]2CCc3sccc3[C@H]2C2CC2)c(C)c1[N+](=O)[O-]. The summed E-state index contributed by atoms with van der Waals surface area (Å²) >= 11 is 1.87. The Morgan fingerprint density at radius 2 is 2.26 bits per heavy atom.